The maximum absolute atomic E-state index is 6.25. The lowest BCUT2D eigenvalue weighted by Gasteiger charge is -2.02. The van der Waals surface area contributed by atoms with Crippen LogP contribution in [0.5, 0.6) is 0 Å². The molecule has 0 fully saturated rings. The quantitative estimate of drug-likeness (QED) is 0.387. The van der Waals surface area contributed by atoms with E-state index in [2.05, 4.69) is 34.2 Å². The highest BCUT2D eigenvalue weighted by Gasteiger charge is 2.09. The Morgan fingerprint density at radius 2 is 1.84 bits per heavy atom. The van der Waals surface area contributed by atoms with Crippen molar-refractivity contribution in [2.75, 3.05) is 5.88 Å². The molecule has 3 aromatic rings. The Hall–Kier alpha value is -2.11. The third-order valence-electron chi connectivity index (χ3n) is 3.84. The van der Waals surface area contributed by atoms with Crippen molar-refractivity contribution in [1.82, 2.24) is 15.0 Å². The number of fused-ring (bicyclic) bond motifs is 1. The van der Waals surface area contributed by atoms with Crippen LogP contribution in [-0.4, -0.2) is 26.7 Å². The summed E-state index contributed by atoms with van der Waals surface area (Å²) in [4.78, 5) is 5.80. The molecule has 2 N–H and O–H groups in total. The molecule has 3 rings (SSSR count). The van der Waals surface area contributed by atoms with E-state index in [-0.39, 0.29) is 5.88 Å². The molecule has 25 heavy (non-hydrogen) atoms. The van der Waals surface area contributed by atoms with Crippen LogP contribution in [0.25, 0.3) is 16.7 Å². The minimum atomic E-state index is 0.144. The van der Waals surface area contributed by atoms with Gasteiger partial charge in [0.25, 0.3) is 0 Å². The average molecular weight is 376 g/mol. The molecule has 7 heteroatoms. The van der Waals surface area contributed by atoms with Gasteiger partial charge in [-0.1, -0.05) is 37.1 Å². The summed E-state index contributed by atoms with van der Waals surface area (Å²) in [6.07, 6.45) is 3.47. The maximum atomic E-state index is 6.25. The lowest BCUT2D eigenvalue weighted by Crippen LogP contribution is -2.12. The third-order valence-corrected chi connectivity index (χ3v) is 4.41. The zero-order chi connectivity index (χ0) is 17.8. The van der Waals surface area contributed by atoms with Gasteiger partial charge in [0.2, 0.25) is 0 Å². The molecule has 0 aliphatic heterocycles. The number of halogens is 2. The van der Waals surface area contributed by atoms with Crippen molar-refractivity contribution in [2.24, 2.45) is 10.7 Å². The Morgan fingerprint density at radius 3 is 2.48 bits per heavy atom. The number of rotatable bonds is 6. The van der Waals surface area contributed by atoms with Crippen LogP contribution in [0.3, 0.4) is 0 Å². The molecule has 0 aliphatic carbocycles. The van der Waals surface area contributed by atoms with Crippen molar-refractivity contribution in [3.63, 3.8) is 0 Å². The fraction of sp³-hybridized carbons (Fsp3) is 0.278. The minimum absolute atomic E-state index is 0.144. The topological polar surface area (TPSA) is 69.1 Å². The van der Waals surface area contributed by atoms with Crippen molar-refractivity contribution in [1.29, 1.82) is 0 Å². The van der Waals surface area contributed by atoms with E-state index in [0.29, 0.717) is 27.6 Å². The fourth-order valence-corrected chi connectivity index (χ4v) is 2.75. The van der Waals surface area contributed by atoms with Gasteiger partial charge in [0.15, 0.2) is 0 Å². The summed E-state index contributed by atoms with van der Waals surface area (Å²) in [5, 5.41) is 9.47. The van der Waals surface area contributed by atoms with E-state index in [9.17, 15) is 0 Å². The Kier molecular flexibility index (Phi) is 5.56. The number of nitrogens with two attached hydrogens (primary N) is 1. The number of amidine groups is 1. The monoisotopic (exact) mass is 375 g/mol. The highest BCUT2D eigenvalue weighted by atomic mass is 35.5. The highest BCUT2D eigenvalue weighted by molar-refractivity contribution is 6.34. The third kappa shape index (κ3) is 4.11. The molecule has 0 bridgehead atoms. The van der Waals surface area contributed by atoms with Gasteiger partial charge in [-0.05, 0) is 42.7 Å². The predicted molar refractivity (Wildman–Crippen MR) is 104 cm³/mol. The fourth-order valence-electron chi connectivity index (χ4n) is 2.49. The number of unbranched alkanes of at least 4 members (excludes halogenated alkanes) is 1. The number of hydrogen-bond donors (Lipinski definition) is 1. The zero-order valence-corrected chi connectivity index (χ0v) is 15.4. The number of aromatic nitrogens is 3. The summed E-state index contributed by atoms with van der Waals surface area (Å²) < 4.78 is 0. The molecule has 0 saturated heterocycles. The first-order valence-corrected chi connectivity index (χ1v) is 9.07. The van der Waals surface area contributed by atoms with Crippen LogP contribution in [-0.2, 0) is 6.42 Å². The van der Waals surface area contributed by atoms with Gasteiger partial charge >= 0.3 is 0 Å². The molecule has 1 heterocycles. The summed E-state index contributed by atoms with van der Waals surface area (Å²) >= 11 is 11.9. The number of benzene rings is 2. The van der Waals surface area contributed by atoms with Crippen molar-refractivity contribution >= 4 is 45.8 Å². The molecule has 0 aliphatic rings. The van der Waals surface area contributed by atoms with Gasteiger partial charge in [-0.15, -0.1) is 21.8 Å². The van der Waals surface area contributed by atoms with Crippen LogP contribution in [0.2, 0.25) is 5.02 Å². The number of nitrogens with zero attached hydrogens (tertiary/aromatic N) is 4. The van der Waals surface area contributed by atoms with E-state index < -0.39 is 0 Å². The standard InChI is InChI=1S/C18H19Cl2N5/c1-2-3-4-12-5-7-13(8-6-12)25-23-16-9-14(20)15(10-17(16)24-25)22-18(21)11-19/h5-10H,2-4,11H2,1H3,(H2,21,22). The largest absolute Gasteiger partial charge is 0.386 e. The number of alkyl halides is 1. The minimum Gasteiger partial charge on any atom is -0.386 e. The predicted octanol–water partition coefficient (Wildman–Crippen LogP) is 4.64. The smallest absolute Gasteiger partial charge is 0.115 e. The lowest BCUT2D eigenvalue weighted by atomic mass is 10.1. The normalized spacial score (nSPS) is 12.0. The molecular formula is C18H19Cl2N5. The number of aliphatic imine (C=N–C) groups is 1. The van der Waals surface area contributed by atoms with Gasteiger partial charge < -0.3 is 5.73 Å². The Morgan fingerprint density at radius 1 is 1.16 bits per heavy atom. The van der Waals surface area contributed by atoms with Crippen LogP contribution >= 0.6 is 23.2 Å². The molecule has 0 atom stereocenters. The van der Waals surface area contributed by atoms with Gasteiger partial charge in [0.1, 0.15) is 16.9 Å². The first-order valence-electron chi connectivity index (χ1n) is 8.15. The van der Waals surface area contributed by atoms with Crippen molar-refractivity contribution in [2.45, 2.75) is 26.2 Å². The molecule has 5 nitrogen and oxygen atoms in total. The summed E-state index contributed by atoms with van der Waals surface area (Å²) in [5.41, 5.74) is 9.83. The van der Waals surface area contributed by atoms with Gasteiger partial charge in [0, 0.05) is 0 Å². The lowest BCUT2D eigenvalue weighted by molar-refractivity contribution is 0.762. The van der Waals surface area contributed by atoms with Gasteiger partial charge in [-0.3, -0.25) is 0 Å². The Bertz CT molecular complexity index is 900. The molecule has 0 unspecified atom stereocenters. The molecular weight excluding hydrogens is 357 g/mol. The van der Waals surface area contributed by atoms with Crippen LogP contribution < -0.4 is 5.73 Å². The number of hydrogen-bond acceptors (Lipinski definition) is 3. The van der Waals surface area contributed by atoms with E-state index in [4.69, 9.17) is 28.9 Å². The van der Waals surface area contributed by atoms with Crippen LogP contribution in [0.1, 0.15) is 25.3 Å². The Balaban J connectivity index is 1.93. The van der Waals surface area contributed by atoms with Gasteiger partial charge in [-0.2, -0.15) is 4.80 Å². The van der Waals surface area contributed by atoms with Gasteiger partial charge in [-0.25, -0.2) is 4.99 Å². The molecule has 0 amide bonds. The maximum Gasteiger partial charge on any atom is 0.115 e. The second-order valence-corrected chi connectivity index (χ2v) is 6.46. The molecule has 2 aromatic carbocycles. The highest BCUT2D eigenvalue weighted by Crippen LogP contribution is 2.29. The zero-order valence-electron chi connectivity index (χ0n) is 13.9. The van der Waals surface area contributed by atoms with Crippen molar-refractivity contribution in [3.8, 4) is 5.69 Å². The molecule has 0 saturated carbocycles. The molecule has 130 valence electrons. The second kappa shape index (κ2) is 7.85. The summed E-state index contributed by atoms with van der Waals surface area (Å²) in [5.74, 6) is 0.448. The summed E-state index contributed by atoms with van der Waals surface area (Å²) in [7, 11) is 0. The molecule has 1 aromatic heterocycles. The van der Waals surface area contributed by atoms with Crippen LogP contribution in [0.4, 0.5) is 5.69 Å². The first-order chi connectivity index (χ1) is 12.1. The Labute approximate surface area is 156 Å². The van der Waals surface area contributed by atoms with Crippen molar-refractivity contribution < 1.29 is 0 Å². The van der Waals surface area contributed by atoms with E-state index >= 15 is 0 Å². The average Bonchev–Trinajstić information content (AvgIpc) is 3.03. The molecule has 0 spiro atoms. The van der Waals surface area contributed by atoms with E-state index in [0.717, 1.165) is 12.1 Å². The summed E-state index contributed by atoms with van der Waals surface area (Å²) in [6, 6.07) is 11.8. The van der Waals surface area contributed by atoms with Crippen LogP contribution in [0.15, 0.2) is 41.4 Å². The van der Waals surface area contributed by atoms with E-state index in [1.165, 1.54) is 18.4 Å². The second-order valence-electron chi connectivity index (χ2n) is 5.79. The SMILES string of the molecule is CCCCc1ccc(-n2nc3cc(Cl)c(N=C(N)CCl)cc3n2)cc1. The number of aryl methyl sites for hydroxylation is 1. The van der Waals surface area contributed by atoms with Crippen molar-refractivity contribution in [3.05, 3.63) is 47.0 Å². The first kappa shape index (κ1) is 17.7. The van der Waals surface area contributed by atoms with E-state index in [1.54, 1.807) is 16.9 Å². The van der Waals surface area contributed by atoms with E-state index in [1.807, 2.05) is 12.1 Å². The van der Waals surface area contributed by atoms with Crippen LogP contribution in [0, 0.1) is 0 Å². The van der Waals surface area contributed by atoms with Gasteiger partial charge in [0.05, 0.1) is 22.3 Å². The summed E-state index contributed by atoms with van der Waals surface area (Å²) in [6.45, 7) is 2.19. The molecule has 0 radical (unpaired) electrons.